The van der Waals surface area contributed by atoms with Crippen LogP contribution in [-0.2, 0) is 4.74 Å². The molecule has 1 fully saturated rings. The zero-order valence-corrected chi connectivity index (χ0v) is 7.31. The fraction of sp³-hybridized carbons (Fsp3) is 1.00. The molecule has 1 rings (SSSR count). The first-order chi connectivity index (χ1) is 5.70. The molecule has 0 spiro atoms. The lowest BCUT2D eigenvalue weighted by Crippen LogP contribution is -2.31. The number of hydrogen-bond donors (Lipinski definition) is 3. The summed E-state index contributed by atoms with van der Waals surface area (Å²) in [6.07, 6.45) is -0.233. The van der Waals surface area contributed by atoms with Gasteiger partial charge in [0.2, 0.25) is 0 Å². The molecule has 4 nitrogen and oxygen atoms in total. The van der Waals surface area contributed by atoms with Crippen LogP contribution in [0.2, 0.25) is 0 Å². The number of ether oxygens (including phenoxy) is 1. The summed E-state index contributed by atoms with van der Waals surface area (Å²) < 4.78 is 5.33. The van der Waals surface area contributed by atoms with Crippen molar-refractivity contribution in [1.29, 1.82) is 0 Å². The Bertz CT molecular complexity index is 147. The Morgan fingerprint density at radius 3 is 2.58 bits per heavy atom. The summed E-state index contributed by atoms with van der Waals surface area (Å²) in [6, 6.07) is 0.000648. The highest BCUT2D eigenvalue weighted by Gasteiger charge is 2.39. The number of aliphatic hydroxyl groups excluding tert-OH is 2. The van der Waals surface area contributed by atoms with Gasteiger partial charge in [0.05, 0.1) is 12.7 Å². The van der Waals surface area contributed by atoms with E-state index < -0.39 is 12.2 Å². The van der Waals surface area contributed by atoms with Crippen LogP contribution in [0.15, 0.2) is 0 Å². The molecule has 0 unspecified atom stereocenters. The lowest BCUT2D eigenvalue weighted by Gasteiger charge is -2.16. The zero-order chi connectivity index (χ0) is 9.14. The Labute approximate surface area is 73.1 Å². The predicted molar refractivity (Wildman–Crippen MR) is 47.5 cm³/mol. The van der Waals surface area contributed by atoms with E-state index in [9.17, 15) is 5.11 Å². The second-order valence-corrected chi connectivity index (χ2v) is 3.29. The molecule has 1 saturated heterocycles. The van der Waals surface area contributed by atoms with Crippen molar-refractivity contribution in [2.75, 3.05) is 13.2 Å². The molecule has 0 bridgehead atoms. The van der Waals surface area contributed by atoms with Crippen molar-refractivity contribution in [3.05, 3.63) is 0 Å². The normalized spacial score (nSPS) is 41.9. The molecule has 0 aromatic carbocycles. The van der Waals surface area contributed by atoms with Gasteiger partial charge in [0.1, 0.15) is 14.0 Å². The van der Waals surface area contributed by atoms with Crippen LogP contribution in [0, 0.1) is 5.92 Å². The van der Waals surface area contributed by atoms with Crippen LogP contribution >= 0.6 is 0 Å². The smallest absolute Gasteiger partial charge is 0.139 e. The average molecular weight is 173 g/mol. The van der Waals surface area contributed by atoms with Gasteiger partial charge in [-0.15, -0.1) is 0 Å². The minimum Gasteiger partial charge on any atom is -0.394 e. The zero-order valence-electron chi connectivity index (χ0n) is 7.31. The molecule has 0 radical (unpaired) electrons. The van der Waals surface area contributed by atoms with E-state index in [1.54, 1.807) is 0 Å². The topological polar surface area (TPSA) is 75.7 Å². The average Bonchev–Trinajstić information content (AvgIpc) is 2.32. The number of rotatable bonds is 3. The SMILES string of the molecule is B[C@@H]1O[C@H](CO)[C@@H](O)[C@H]1CCN. The Morgan fingerprint density at radius 1 is 1.50 bits per heavy atom. The Morgan fingerprint density at radius 2 is 2.17 bits per heavy atom. The Balaban J connectivity index is 2.51. The quantitative estimate of drug-likeness (QED) is 0.418. The summed E-state index contributed by atoms with van der Waals surface area (Å²) in [4.78, 5) is 0. The third-order valence-electron chi connectivity index (χ3n) is 2.49. The molecule has 0 aromatic heterocycles. The van der Waals surface area contributed by atoms with Crippen molar-refractivity contribution < 1.29 is 14.9 Å². The van der Waals surface area contributed by atoms with E-state index in [1.165, 1.54) is 0 Å². The minimum atomic E-state index is -0.562. The van der Waals surface area contributed by atoms with Gasteiger partial charge in [-0.3, -0.25) is 0 Å². The summed E-state index contributed by atoms with van der Waals surface area (Å²) in [6.45, 7) is 0.431. The molecule has 0 saturated carbocycles. The van der Waals surface area contributed by atoms with Crippen molar-refractivity contribution in [1.82, 2.24) is 0 Å². The van der Waals surface area contributed by atoms with Gasteiger partial charge >= 0.3 is 0 Å². The summed E-state index contributed by atoms with van der Waals surface area (Å²) in [5.41, 5.74) is 5.39. The van der Waals surface area contributed by atoms with Gasteiger partial charge in [-0.2, -0.15) is 0 Å². The van der Waals surface area contributed by atoms with Crippen molar-refractivity contribution in [2.24, 2.45) is 11.7 Å². The van der Waals surface area contributed by atoms with E-state index in [0.717, 1.165) is 6.42 Å². The van der Waals surface area contributed by atoms with E-state index in [4.69, 9.17) is 15.6 Å². The standard InChI is InChI=1S/C7H16BNO3/c8-7-4(1-2-9)6(11)5(3-10)12-7/h4-7,10-11H,1-3,8-9H2/t4-,5-,6+,7-/m1/s1. The van der Waals surface area contributed by atoms with Crippen LogP contribution in [0.1, 0.15) is 6.42 Å². The molecular formula is C7H16BNO3. The van der Waals surface area contributed by atoms with E-state index >= 15 is 0 Å². The second kappa shape index (κ2) is 4.23. The summed E-state index contributed by atoms with van der Waals surface area (Å²) in [7, 11) is 1.90. The van der Waals surface area contributed by atoms with Crippen molar-refractivity contribution in [2.45, 2.75) is 24.6 Å². The van der Waals surface area contributed by atoms with Crippen LogP contribution in [0.4, 0.5) is 0 Å². The molecule has 0 aliphatic carbocycles. The molecule has 4 N–H and O–H groups in total. The van der Waals surface area contributed by atoms with E-state index in [2.05, 4.69) is 0 Å². The van der Waals surface area contributed by atoms with E-state index in [-0.39, 0.29) is 18.5 Å². The van der Waals surface area contributed by atoms with Crippen LogP contribution in [0.5, 0.6) is 0 Å². The highest BCUT2D eigenvalue weighted by atomic mass is 16.5. The van der Waals surface area contributed by atoms with Crippen molar-refractivity contribution in [3.63, 3.8) is 0 Å². The lowest BCUT2D eigenvalue weighted by molar-refractivity contribution is -0.00515. The first-order valence-corrected chi connectivity index (χ1v) is 4.35. The summed E-state index contributed by atoms with van der Waals surface area (Å²) in [5, 5.41) is 18.4. The number of nitrogens with two attached hydrogens (primary N) is 1. The maximum absolute atomic E-state index is 9.61. The van der Waals surface area contributed by atoms with Gasteiger partial charge in [0, 0.05) is 11.9 Å². The first-order valence-electron chi connectivity index (χ1n) is 4.35. The Kier molecular flexibility index (Phi) is 3.52. The van der Waals surface area contributed by atoms with Crippen molar-refractivity contribution >= 4 is 7.85 Å². The predicted octanol–water partition coefficient (Wildman–Crippen LogP) is -2.34. The van der Waals surface area contributed by atoms with Gasteiger partial charge in [-0.1, -0.05) is 0 Å². The first kappa shape index (κ1) is 9.99. The Hall–Kier alpha value is -0.0951. The number of aliphatic hydroxyl groups is 2. The summed E-state index contributed by atoms with van der Waals surface area (Å²) >= 11 is 0. The fourth-order valence-electron chi connectivity index (χ4n) is 1.76. The molecule has 12 heavy (non-hydrogen) atoms. The van der Waals surface area contributed by atoms with Crippen LogP contribution in [0.3, 0.4) is 0 Å². The molecule has 4 atom stereocenters. The highest BCUT2D eigenvalue weighted by Crippen LogP contribution is 2.27. The molecule has 1 heterocycles. The molecule has 1 aliphatic heterocycles. The van der Waals surface area contributed by atoms with E-state index in [0.29, 0.717) is 6.54 Å². The largest absolute Gasteiger partial charge is 0.394 e. The molecule has 1 aliphatic rings. The summed E-state index contributed by atoms with van der Waals surface area (Å²) in [5.74, 6) is 0.0761. The lowest BCUT2D eigenvalue weighted by atomic mass is 9.82. The van der Waals surface area contributed by atoms with Gasteiger partial charge in [-0.05, 0) is 13.0 Å². The van der Waals surface area contributed by atoms with E-state index in [1.807, 2.05) is 7.85 Å². The van der Waals surface area contributed by atoms with Crippen molar-refractivity contribution in [3.8, 4) is 0 Å². The van der Waals surface area contributed by atoms with Gasteiger partial charge in [-0.25, -0.2) is 0 Å². The van der Waals surface area contributed by atoms with Gasteiger partial charge in [0.15, 0.2) is 0 Å². The second-order valence-electron chi connectivity index (χ2n) is 3.29. The maximum Gasteiger partial charge on any atom is 0.139 e. The molecule has 0 aromatic rings. The molecule has 0 amide bonds. The fourth-order valence-corrected chi connectivity index (χ4v) is 1.76. The third kappa shape index (κ3) is 1.80. The van der Waals surface area contributed by atoms with Crippen LogP contribution < -0.4 is 5.73 Å². The van der Waals surface area contributed by atoms with Crippen LogP contribution in [0.25, 0.3) is 0 Å². The monoisotopic (exact) mass is 173 g/mol. The van der Waals surface area contributed by atoms with Gasteiger partial charge < -0.3 is 20.7 Å². The van der Waals surface area contributed by atoms with Gasteiger partial charge in [0.25, 0.3) is 0 Å². The minimum absolute atomic E-state index is 0.000648. The third-order valence-corrected chi connectivity index (χ3v) is 2.49. The maximum atomic E-state index is 9.61. The van der Waals surface area contributed by atoms with Crippen LogP contribution in [-0.4, -0.2) is 49.4 Å². The molecular weight excluding hydrogens is 157 g/mol. The number of hydrogen-bond acceptors (Lipinski definition) is 4. The highest BCUT2D eigenvalue weighted by molar-refractivity contribution is 6.11. The molecule has 70 valence electrons. The molecule has 5 heteroatoms.